The fraction of sp³-hybridized carbons (Fsp3) is 0.316. The van der Waals surface area contributed by atoms with Crippen LogP contribution in [0.4, 0.5) is 5.82 Å². The summed E-state index contributed by atoms with van der Waals surface area (Å²) in [5, 5.41) is 3.62. The van der Waals surface area contributed by atoms with Gasteiger partial charge in [0.1, 0.15) is 17.2 Å². The number of imidazole rings is 1. The molecule has 1 N–H and O–H groups in total. The molecule has 0 saturated carbocycles. The molecule has 0 aliphatic carbocycles. The van der Waals surface area contributed by atoms with Crippen molar-refractivity contribution in [2.24, 2.45) is 0 Å². The minimum Gasteiger partial charge on any atom is -0.365 e. The third kappa shape index (κ3) is 2.84. The summed E-state index contributed by atoms with van der Waals surface area (Å²) in [6.45, 7) is 10.7. The number of nitrogens with zero attached hydrogens (tertiary/aromatic N) is 2. The Labute approximate surface area is 132 Å². The van der Waals surface area contributed by atoms with Gasteiger partial charge in [0.2, 0.25) is 0 Å². The maximum absolute atomic E-state index is 4.85. The Morgan fingerprint density at radius 1 is 1.00 bits per heavy atom. The number of pyridine rings is 1. The summed E-state index contributed by atoms with van der Waals surface area (Å²) in [6.07, 6.45) is 2.13. The summed E-state index contributed by atoms with van der Waals surface area (Å²) >= 11 is 0. The SMILES string of the molecule is Cc1cccc(-c2nc3ccc(C)cn3c2NC(C)(C)C)c1. The average Bonchev–Trinajstić information content (AvgIpc) is 2.75. The predicted molar refractivity (Wildman–Crippen MR) is 93.5 cm³/mol. The molecule has 3 heteroatoms. The largest absolute Gasteiger partial charge is 0.365 e. The van der Waals surface area contributed by atoms with Crippen LogP contribution >= 0.6 is 0 Å². The Morgan fingerprint density at radius 3 is 2.45 bits per heavy atom. The first-order chi connectivity index (χ1) is 10.3. The van der Waals surface area contributed by atoms with Crippen LogP contribution in [0.3, 0.4) is 0 Å². The molecule has 0 unspecified atom stereocenters. The molecular weight excluding hydrogens is 270 g/mol. The van der Waals surface area contributed by atoms with Crippen molar-refractivity contribution in [1.29, 1.82) is 0 Å². The molecule has 0 atom stereocenters. The molecule has 2 heterocycles. The lowest BCUT2D eigenvalue weighted by Gasteiger charge is -2.22. The van der Waals surface area contributed by atoms with Gasteiger partial charge in [-0.15, -0.1) is 0 Å². The van der Waals surface area contributed by atoms with Gasteiger partial charge in [-0.2, -0.15) is 0 Å². The molecule has 3 rings (SSSR count). The van der Waals surface area contributed by atoms with Crippen LogP contribution in [0.1, 0.15) is 31.9 Å². The van der Waals surface area contributed by atoms with E-state index in [9.17, 15) is 0 Å². The maximum atomic E-state index is 4.85. The van der Waals surface area contributed by atoms with Crippen LogP contribution in [0.25, 0.3) is 16.9 Å². The number of aromatic nitrogens is 2. The molecule has 0 saturated heterocycles. The Kier molecular flexibility index (Phi) is 3.44. The fourth-order valence-corrected chi connectivity index (χ4v) is 2.62. The van der Waals surface area contributed by atoms with Crippen molar-refractivity contribution in [2.75, 3.05) is 5.32 Å². The quantitative estimate of drug-likeness (QED) is 0.733. The Hall–Kier alpha value is -2.29. The number of rotatable bonds is 2. The van der Waals surface area contributed by atoms with E-state index in [0.29, 0.717) is 0 Å². The van der Waals surface area contributed by atoms with Crippen molar-refractivity contribution in [3.05, 3.63) is 53.7 Å². The van der Waals surface area contributed by atoms with Crippen LogP contribution < -0.4 is 5.32 Å². The van der Waals surface area contributed by atoms with Crippen molar-refractivity contribution in [3.8, 4) is 11.3 Å². The zero-order chi connectivity index (χ0) is 15.9. The first-order valence-electron chi connectivity index (χ1n) is 7.67. The first-order valence-corrected chi connectivity index (χ1v) is 7.67. The predicted octanol–water partition coefficient (Wildman–Crippen LogP) is 4.83. The molecule has 0 fully saturated rings. The van der Waals surface area contributed by atoms with Crippen molar-refractivity contribution < 1.29 is 0 Å². The lowest BCUT2D eigenvalue weighted by molar-refractivity contribution is 0.629. The van der Waals surface area contributed by atoms with Gasteiger partial charge in [-0.05, 0) is 52.3 Å². The second-order valence-corrected chi connectivity index (χ2v) is 6.99. The zero-order valence-corrected chi connectivity index (χ0v) is 13.9. The van der Waals surface area contributed by atoms with E-state index >= 15 is 0 Å². The van der Waals surface area contributed by atoms with Crippen LogP contribution in [0.2, 0.25) is 0 Å². The summed E-state index contributed by atoms with van der Waals surface area (Å²) < 4.78 is 2.15. The Morgan fingerprint density at radius 2 is 1.77 bits per heavy atom. The van der Waals surface area contributed by atoms with E-state index in [2.05, 4.69) is 86.9 Å². The highest BCUT2D eigenvalue weighted by Gasteiger charge is 2.19. The number of aryl methyl sites for hydroxylation is 2. The van der Waals surface area contributed by atoms with Gasteiger partial charge < -0.3 is 5.32 Å². The van der Waals surface area contributed by atoms with E-state index in [1.807, 2.05) is 0 Å². The first kappa shape index (κ1) is 14.6. The summed E-state index contributed by atoms with van der Waals surface area (Å²) in [4.78, 5) is 4.85. The molecule has 0 amide bonds. The minimum atomic E-state index is -0.0295. The topological polar surface area (TPSA) is 29.3 Å². The van der Waals surface area contributed by atoms with Crippen molar-refractivity contribution in [2.45, 2.75) is 40.2 Å². The van der Waals surface area contributed by atoms with Gasteiger partial charge in [-0.25, -0.2) is 4.98 Å². The van der Waals surface area contributed by atoms with Gasteiger partial charge in [0.05, 0.1) is 0 Å². The highest BCUT2D eigenvalue weighted by molar-refractivity contribution is 5.77. The van der Waals surface area contributed by atoms with E-state index in [-0.39, 0.29) is 5.54 Å². The normalized spacial score (nSPS) is 11.9. The molecule has 0 aliphatic rings. The summed E-state index contributed by atoms with van der Waals surface area (Å²) in [7, 11) is 0. The van der Waals surface area contributed by atoms with E-state index in [1.165, 1.54) is 11.1 Å². The molecular formula is C19H23N3. The molecule has 2 aromatic heterocycles. The summed E-state index contributed by atoms with van der Waals surface area (Å²) in [6, 6.07) is 12.7. The van der Waals surface area contributed by atoms with Gasteiger partial charge in [0, 0.05) is 17.3 Å². The van der Waals surface area contributed by atoms with Crippen LogP contribution in [0, 0.1) is 13.8 Å². The molecule has 0 bridgehead atoms. The van der Waals surface area contributed by atoms with Crippen molar-refractivity contribution in [1.82, 2.24) is 9.38 Å². The number of anilines is 1. The number of hydrogen-bond acceptors (Lipinski definition) is 2. The van der Waals surface area contributed by atoms with Gasteiger partial charge in [0.25, 0.3) is 0 Å². The van der Waals surface area contributed by atoms with Gasteiger partial charge in [-0.1, -0.05) is 29.8 Å². The summed E-state index contributed by atoms with van der Waals surface area (Å²) in [5.41, 5.74) is 5.55. The maximum Gasteiger partial charge on any atom is 0.139 e. The molecule has 114 valence electrons. The number of hydrogen-bond donors (Lipinski definition) is 1. The van der Waals surface area contributed by atoms with E-state index in [0.717, 1.165) is 22.7 Å². The highest BCUT2D eigenvalue weighted by atomic mass is 15.2. The van der Waals surface area contributed by atoms with Crippen LogP contribution in [-0.2, 0) is 0 Å². The smallest absolute Gasteiger partial charge is 0.139 e. The van der Waals surface area contributed by atoms with Crippen LogP contribution in [0.5, 0.6) is 0 Å². The van der Waals surface area contributed by atoms with Crippen molar-refractivity contribution >= 4 is 11.5 Å². The number of benzene rings is 1. The average molecular weight is 293 g/mol. The monoisotopic (exact) mass is 293 g/mol. The Bertz CT molecular complexity index is 822. The molecule has 0 aliphatic heterocycles. The molecule has 3 nitrogen and oxygen atoms in total. The number of fused-ring (bicyclic) bond motifs is 1. The summed E-state index contributed by atoms with van der Waals surface area (Å²) in [5.74, 6) is 1.05. The van der Waals surface area contributed by atoms with Crippen LogP contribution in [-0.4, -0.2) is 14.9 Å². The fourth-order valence-electron chi connectivity index (χ4n) is 2.62. The lowest BCUT2D eigenvalue weighted by Crippen LogP contribution is -2.27. The third-order valence-corrected chi connectivity index (χ3v) is 3.55. The van der Waals surface area contributed by atoms with E-state index < -0.39 is 0 Å². The lowest BCUT2D eigenvalue weighted by atomic mass is 10.1. The molecule has 0 spiro atoms. The highest BCUT2D eigenvalue weighted by Crippen LogP contribution is 2.31. The molecule has 3 aromatic rings. The zero-order valence-electron chi connectivity index (χ0n) is 13.9. The van der Waals surface area contributed by atoms with E-state index in [1.54, 1.807) is 0 Å². The minimum absolute atomic E-state index is 0.0295. The molecule has 1 aromatic carbocycles. The van der Waals surface area contributed by atoms with Gasteiger partial charge in [0.15, 0.2) is 0 Å². The van der Waals surface area contributed by atoms with Gasteiger partial charge >= 0.3 is 0 Å². The number of nitrogens with one attached hydrogen (secondary N) is 1. The molecule has 22 heavy (non-hydrogen) atoms. The second kappa shape index (κ2) is 5.16. The van der Waals surface area contributed by atoms with Crippen molar-refractivity contribution in [3.63, 3.8) is 0 Å². The molecule has 0 radical (unpaired) electrons. The van der Waals surface area contributed by atoms with Gasteiger partial charge in [-0.3, -0.25) is 4.40 Å². The second-order valence-electron chi connectivity index (χ2n) is 6.99. The van der Waals surface area contributed by atoms with Crippen LogP contribution in [0.15, 0.2) is 42.6 Å². The third-order valence-electron chi connectivity index (χ3n) is 3.55. The van der Waals surface area contributed by atoms with E-state index in [4.69, 9.17) is 4.98 Å². The Balaban J connectivity index is 2.26. The standard InChI is InChI=1S/C19H23N3/c1-13-7-6-8-15(11-13)17-18(21-19(3,4)5)22-12-14(2)9-10-16(22)20-17/h6-12,21H,1-5H3.